The third-order valence-corrected chi connectivity index (χ3v) is 6.96. The van der Waals surface area contributed by atoms with Crippen molar-refractivity contribution in [3.05, 3.63) is 72.7 Å². The summed E-state index contributed by atoms with van der Waals surface area (Å²) >= 11 is 3.31. The number of ether oxygens (including phenoxy) is 1. The van der Waals surface area contributed by atoms with Crippen molar-refractivity contribution in [2.45, 2.75) is 25.5 Å². The molecule has 1 fully saturated rings. The van der Waals surface area contributed by atoms with Gasteiger partial charge in [0.05, 0.1) is 5.39 Å². The smallest absolute Gasteiger partial charge is 0.314 e. The summed E-state index contributed by atoms with van der Waals surface area (Å²) in [7, 11) is 0. The molecule has 0 saturated heterocycles. The highest BCUT2D eigenvalue weighted by Crippen LogP contribution is 2.42. The molecule has 2 aromatic heterocycles. The van der Waals surface area contributed by atoms with E-state index < -0.39 is 0 Å². The second-order valence-electron chi connectivity index (χ2n) is 9.03. The number of carbonyl (C=O) groups is 1. The average molecular weight is 549 g/mol. The van der Waals surface area contributed by atoms with Crippen molar-refractivity contribution in [3.63, 3.8) is 0 Å². The van der Waals surface area contributed by atoms with Gasteiger partial charge in [-0.1, -0.05) is 58.4 Å². The number of benzene rings is 2. The third-order valence-electron chi connectivity index (χ3n) is 6.57. The SMILES string of the molecule is Nc1ncnc2c1c(-c1cccc(OCc3ccccc3)c1)cn2C1CC(CNC(=O)NCCBr)C1. The lowest BCUT2D eigenvalue weighted by molar-refractivity contribution is 0.193. The van der Waals surface area contributed by atoms with Gasteiger partial charge in [-0.15, -0.1) is 0 Å². The van der Waals surface area contributed by atoms with E-state index in [1.54, 1.807) is 0 Å². The van der Waals surface area contributed by atoms with Gasteiger partial charge in [-0.2, -0.15) is 0 Å². The summed E-state index contributed by atoms with van der Waals surface area (Å²) in [6.07, 6.45) is 5.57. The van der Waals surface area contributed by atoms with Crippen LogP contribution in [0.5, 0.6) is 5.75 Å². The Balaban J connectivity index is 1.33. The topological polar surface area (TPSA) is 107 Å². The Morgan fingerprint density at radius 2 is 1.94 bits per heavy atom. The lowest BCUT2D eigenvalue weighted by Gasteiger charge is -2.36. The number of aromatic nitrogens is 3. The first-order chi connectivity index (χ1) is 17.6. The zero-order chi connectivity index (χ0) is 24.9. The third kappa shape index (κ3) is 5.31. The van der Waals surface area contributed by atoms with Gasteiger partial charge in [0, 0.05) is 36.2 Å². The van der Waals surface area contributed by atoms with Gasteiger partial charge >= 0.3 is 6.03 Å². The molecule has 186 valence electrons. The van der Waals surface area contributed by atoms with Crippen molar-refractivity contribution < 1.29 is 9.53 Å². The lowest BCUT2D eigenvalue weighted by atomic mass is 9.80. The van der Waals surface area contributed by atoms with Gasteiger partial charge in [0.15, 0.2) is 0 Å². The van der Waals surface area contributed by atoms with E-state index in [1.165, 1.54) is 6.33 Å². The molecule has 0 aliphatic heterocycles. The Hall–Kier alpha value is -3.59. The fourth-order valence-corrected chi connectivity index (χ4v) is 4.85. The number of anilines is 1. The minimum atomic E-state index is -0.124. The van der Waals surface area contributed by atoms with Crippen molar-refractivity contribution in [2.75, 3.05) is 24.2 Å². The van der Waals surface area contributed by atoms with Crippen LogP contribution in [0.15, 0.2) is 67.1 Å². The highest BCUT2D eigenvalue weighted by atomic mass is 79.9. The maximum absolute atomic E-state index is 11.8. The molecule has 4 aromatic rings. The number of nitrogens with zero attached hydrogens (tertiary/aromatic N) is 3. The Morgan fingerprint density at radius 3 is 2.75 bits per heavy atom. The molecule has 1 aliphatic rings. The van der Waals surface area contributed by atoms with Crippen molar-refractivity contribution in [1.82, 2.24) is 25.2 Å². The van der Waals surface area contributed by atoms with Crippen molar-refractivity contribution in [3.8, 4) is 16.9 Å². The highest BCUT2D eigenvalue weighted by Gasteiger charge is 2.32. The van der Waals surface area contributed by atoms with Crippen LogP contribution < -0.4 is 21.1 Å². The van der Waals surface area contributed by atoms with Crippen molar-refractivity contribution >= 4 is 38.8 Å². The number of carbonyl (C=O) groups excluding carboxylic acids is 1. The van der Waals surface area contributed by atoms with Gasteiger partial charge in [0.2, 0.25) is 0 Å². The summed E-state index contributed by atoms with van der Waals surface area (Å²) in [6, 6.07) is 18.3. The molecule has 0 spiro atoms. The molecule has 0 bridgehead atoms. The van der Waals surface area contributed by atoms with E-state index in [-0.39, 0.29) is 6.03 Å². The van der Waals surface area contributed by atoms with Gasteiger partial charge in [-0.05, 0) is 42.0 Å². The van der Waals surface area contributed by atoms with Crippen LogP contribution in [0.2, 0.25) is 0 Å². The molecular formula is C27H29BrN6O2. The number of nitrogen functional groups attached to an aromatic ring is 1. The summed E-state index contributed by atoms with van der Waals surface area (Å²) in [5.41, 5.74) is 10.3. The summed E-state index contributed by atoms with van der Waals surface area (Å²) in [6.45, 7) is 1.77. The van der Waals surface area contributed by atoms with Crippen LogP contribution in [-0.4, -0.2) is 39.0 Å². The summed E-state index contributed by atoms with van der Waals surface area (Å²) < 4.78 is 8.27. The molecule has 8 nitrogen and oxygen atoms in total. The molecule has 36 heavy (non-hydrogen) atoms. The van der Waals surface area contributed by atoms with Crippen LogP contribution in [0.25, 0.3) is 22.2 Å². The van der Waals surface area contributed by atoms with Crippen LogP contribution in [-0.2, 0) is 6.61 Å². The van der Waals surface area contributed by atoms with Gasteiger partial charge in [-0.25, -0.2) is 14.8 Å². The Bertz CT molecular complexity index is 1340. The predicted molar refractivity (Wildman–Crippen MR) is 145 cm³/mol. The molecule has 2 amide bonds. The van der Waals surface area contributed by atoms with Gasteiger partial charge in [0.25, 0.3) is 0 Å². The fraction of sp³-hybridized carbons (Fsp3) is 0.296. The van der Waals surface area contributed by atoms with E-state index in [0.29, 0.717) is 37.5 Å². The molecule has 9 heteroatoms. The summed E-state index contributed by atoms with van der Waals surface area (Å²) in [4.78, 5) is 20.7. The molecular weight excluding hydrogens is 520 g/mol. The Morgan fingerprint density at radius 1 is 1.11 bits per heavy atom. The molecule has 2 aromatic carbocycles. The maximum atomic E-state index is 11.8. The summed E-state index contributed by atoms with van der Waals surface area (Å²) in [5.74, 6) is 1.69. The molecule has 4 N–H and O–H groups in total. The average Bonchev–Trinajstić information content (AvgIpc) is 3.27. The molecule has 0 radical (unpaired) electrons. The maximum Gasteiger partial charge on any atom is 0.314 e. The number of halogens is 1. The van der Waals surface area contributed by atoms with E-state index in [1.807, 2.05) is 48.5 Å². The normalized spacial score (nSPS) is 16.9. The van der Waals surface area contributed by atoms with Crippen molar-refractivity contribution in [2.24, 2.45) is 5.92 Å². The largest absolute Gasteiger partial charge is 0.489 e. The minimum Gasteiger partial charge on any atom is -0.489 e. The first-order valence-electron chi connectivity index (χ1n) is 12.1. The number of nitrogens with one attached hydrogen (secondary N) is 2. The van der Waals surface area contributed by atoms with E-state index >= 15 is 0 Å². The monoisotopic (exact) mass is 548 g/mol. The van der Waals surface area contributed by atoms with E-state index in [4.69, 9.17) is 10.5 Å². The van der Waals surface area contributed by atoms with Crippen LogP contribution in [0.3, 0.4) is 0 Å². The first-order valence-corrected chi connectivity index (χ1v) is 13.2. The van der Waals surface area contributed by atoms with Crippen LogP contribution in [0.1, 0.15) is 24.4 Å². The Labute approximate surface area is 218 Å². The lowest BCUT2D eigenvalue weighted by Crippen LogP contribution is -2.42. The standard InChI is InChI=1S/C27H29BrN6O2/c28-9-10-30-27(35)31-14-19-11-21(12-19)34-15-23(24-25(29)32-17-33-26(24)34)20-7-4-8-22(13-20)36-16-18-5-2-1-3-6-18/h1-8,13,15,17,19,21H,9-12,14,16H2,(H2,29,32,33)(H2,30,31,35). The number of nitrogens with two attached hydrogens (primary N) is 1. The molecule has 5 rings (SSSR count). The van der Waals surface area contributed by atoms with Crippen LogP contribution >= 0.6 is 15.9 Å². The van der Waals surface area contributed by atoms with E-state index in [9.17, 15) is 4.79 Å². The van der Waals surface area contributed by atoms with E-state index in [0.717, 1.165) is 51.6 Å². The first kappa shape index (κ1) is 24.1. The number of rotatable bonds is 9. The predicted octanol–water partition coefficient (Wildman–Crippen LogP) is 4.90. The van der Waals surface area contributed by atoms with Gasteiger partial charge in [-0.3, -0.25) is 0 Å². The number of amides is 2. The van der Waals surface area contributed by atoms with Crippen LogP contribution in [0.4, 0.5) is 10.6 Å². The zero-order valence-electron chi connectivity index (χ0n) is 19.9. The quantitative estimate of drug-likeness (QED) is 0.258. The molecule has 2 heterocycles. The minimum absolute atomic E-state index is 0.124. The zero-order valence-corrected chi connectivity index (χ0v) is 21.4. The molecule has 1 aliphatic carbocycles. The van der Waals surface area contributed by atoms with Crippen molar-refractivity contribution in [1.29, 1.82) is 0 Å². The van der Waals surface area contributed by atoms with E-state index in [2.05, 4.69) is 53.4 Å². The summed E-state index contributed by atoms with van der Waals surface area (Å²) in [5, 5.41) is 7.36. The Kier molecular flexibility index (Phi) is 7.36. The molecule has 0 unspecified atom stereocenters. The second kappa shape index (κ2) is 11.0. The number of hydrogen-bond acceptors (Lipinski definition) is 5. The van der Waals surface area contributed by atoms with Gasteiger partial charge in [0.1, 0.15) is 30.1 Å². The fourth-order valence-electron chi connectivity index (χ4n) is 4.65. The number of alkyl halides is 1. The number of hydrogen-bond donors (Lipinski definition) is 3. The second-order valence-corrected chi connectivity index (χ2v) is 9.82. The molecule has 1 saturated carbocycles. The highest BCUT2D eigenvalue weighted by molar-refractivity contribution is 9.09. The number of fused-ring (bicyclic) bond motifs is 1. The van der Waals surface area contributed by atoms with Crippen LogP contribution in [0, 0.1) is 5.92 Å². The molecule has 0 atom stereocenters. The number of urea groups is 1. The van der Waals surface area contributed by atoms with Gasteiger partial charge < -0.3 is 25.7 Å².